The van der Waals surface area contributed by atoms with E-state index in [4.69, 9.17) is 21.4 Å². The van der Waals surface area contributed by atoms with Gasteiger partial charge in [-0.1, -0.05) is 34.2 Å². The molecule has 20 heavy (non-hydrogen) atoms. The molecule has 1 fully saturated rings. The molecule has 1 aliphatic heterocycles. The molecule has 2 N–H and O–H groups in total. The zero-order valence-corrected chi connectivity index (χ0v) is 13.0. The van der Waals surface area contributed by atoms with E-state index >= 15 is 0 Å². The van der Waals surface area contributed by atoms with E-state index < -0.39 is 36.4 Å². The van der Waals surface area contributed by atoms with Crippen molar-refractivity contribution in [1.82, 2.24) is 9.55 Å². The number of aromatic amines is 1. The van der Waals surface area contributed by atoms with Crippen LogP contribution in [0.4, 0.5) is 4.39 Å². The average Bonchev–Trinajstić information content (AvgIpc) is 2.79. The van der Waals surface area contributed by atoms with Gasteiger partial charge >= 0.3 is 5.69 Å². The van der Waals surface area contributed by atoms with Crippen LogP contribution in [0.2, 0.25) is 0 Å². The summed E-state index contributed by atoms with van der Waals surface area (Å²) in [6.07, 6.45) is -2.08. The number of aliphatic hydroxyl groups excluding tert-OH is 1. The third-order valence-corrected chi connectivity index (χ3v) is 4.28. The lowest BCUT2D eigenvalue weighted by Gasteiger charge is -2.15. The highest BCUT2D eigenvalue weighted by molar-refractivity contribution is 14.1. The Bertz CT molecular complexity index is 644. The van der Waals surface area contributed by atoms with Crippen molar-refractivity contribution >= 4 is 39.2 Å². The fourth-order valence-electron chi connectivity index (χ4n) is 1.95. The molecule has 1 aliphatic rings. The van der Waals surface area contributed by atoms with Crippen LogP contribution in [-0.4, -0.2) is 33.5 Å². The second-order valence-corrected chi connectivity index (χ2v) is 5.26. The number of nitrogens with zero attached hydrogens (tertiary/aromatic N) is 1. The topological polar surface area (TPSA) is 84.3 Å². The van der Waals surface area contributed by atoms with Crippen LogP contribution in [0.3, 0.4) is 0 Å². The molecule has 0 saturated carbocycles. The number of aromatic nitrogens is 2. The number of halogens is 3. The molecule has 2 heterocycles. The van der Waals surface area contributed by atoms with Gasteiger partial charge in [0.2, 0.25) is 0 Å². The van der Waals surface area contributed by atoms with Crippen LogP contribution in [0.25, 0.3) is 5.03 Å². The molecule has 3 atom stereocenters. The first kappa shape index (κ1) is 15.7. The summed E-state index contributed by atoms with van der Waals surface area (Å²) in [5.41, 5.74) is -1.25. The van der Waals surface area contributed by atoms with Gasteiger partial charge in [-0.05, 0) is 4.08 Å². The summed E-state index contributed by atoms with van der Waals surface area (Å²) in [7, 11) is 0. The van der Waals surface area contributed by atoms with Crippen LogP contribution in [0.5, 0.6) is 0 Å². The Morgan fingerprint density at radius 3 is 2.95 bits per heavy atom. The standard InChI is InChI=1S/C11H11ClFIN2O4/c12-6(2-14)5-3-16(11(19)15-10(5)18)9-1-7(13)8(4-17)20-9/h2-3,7-9,17H,1,4H2,(H,15,18,19)/b6-2-/t7-,8+,9+/m0/s1. The molecule has 1 aromatic heterocycles. The molecule has 0 radical (unpaired) electrons. The maximum Gasteiger partial charge on any atom is 0.330 e. The Labute approximate surface area is 131 Å². The number of hydrogen-bond donors (Lipinski definition) is 2. The molecule has 1 saturated heterocycles. The fraction of sp³-hybridized carbons (Fsp3) is 0.455. The molecule has 2 rings (SSSR count). The van der Waals surface area contributed by atoms with Crippen LogP contribution in [-0.2, 0) is 4.74 Å². The summed E-state index contributed by atoms with van der Waals surface area (Å²) in [5, 5.41) is 9.12. The molecule has 0 bridgehead atoms. The molecule has 9 heteroatoms. The van der Waals surface area contributed by atoms with Crippen molar-refractivity contribution in [3.05, 3.63) is 36.7 Å². The van der Waals surface area contributed by atoms with E-state index in [0.29, 0.717) is 0 Å². The number of rotatable bonds is 3. The third-order valence-electron chi connectivity index (χ3n) is 2.97. The zero-order chi connectivity index (χ0) is 14.9. The predicted octanol–water partition coefficient (Wildman–Crippen LogP) is 1.13. The van der Waals surface area contributed by atoms with Gasteiger partial charge in [-0.15, -0.1) is 0 Å². The smallest absolute Gasteiger partial charge is 0.330 e. The van der Waals surface area contributed by atoms with E-state index in [-0.39, 0.29) is 17.0 Å². The Morgan fingerprint density at radius 2 is 2.40 bits per heavy atom. The maximum atomic E-state index is 13.5. The molecule has 0 aromatic carbocycles. The van der Waals surface area contributed by atoms with Crippen molar-refractivity contribution in [1.29, 1.82) is 0 Å². The largest absolute Gasteiger partial charge is 0.394 e. The number of hydrogen-bond acceptors (Lipinski definition) is 4. The highest BCUT2D eigenvalue weighted by Crippen LogP contribution is 2.30. The SMILES string of the molecule is O=c1[nH]c(=O)n([C@H]2C[C@H](F)[C@@H](CO)O2)cc1/C(Cl)=C/I. The van der Waals surface area contributed by atoms with E-state index in [1.807, 2.05) is 22.6 Å². The summed E-state index contributed by atoms with van der Waals surface area (Å²) < 4.78 is 21.3. The summed E-state index contributed by atoms with van der Waals surface area (Å²) in [6.45, 7) is -0.475. The van der Waals surface area contributed by atoms with Crippen LogP contribution in [0, 0.1) is 0 Å². The molecular weight excluding hydrogens is 405 g/mol. The number of aliphatic hydroxyl groups is 1. The minimum absolute atomic E-state index is 0.0812. The first-order chi connectivity index (χ1) is 9.47. The van der Waals surface area contributed by atoms with Crippen molar-refractivity contribution in [2.24, 2.45) is 0 Å². The lowest BCUT2D eigenvalue weighted by molar-refractivity contribution is -0.0356. The van der Waals surface area contributed by atoms with Gasteiger partial charge in [-0.25, -0.2) is 9.18 Å². The van der Waals surface area contributed by atoms with Crippen molar-refractivity contribution in [3.63, 3.8) is 0 Å². The van der Waals surface area contributed by atoms with E-state index in [0.717, 1.165) is 4.57 Å². The van der Waals surface area contributed by atoms with Crippen molar-refractivity contribution < 1.29 is 14.2 Å². The second kappa shape index (κ2) is 6.37. The molecule has 0 spiro atoms. The van der Waals surface area contributed by atoms with Crippen molar-refractivity contribution in [2.75, 3.05) is 6.61 Å². The summed E-state index contributed by atoms with van der Waals surface area (Å²) >= 11 is 7.73. The molecule has 6 nitrogen and oxygen atoms in total. The van der Waals surface area contributed by atoms with Crippen molar-refractivity contribution in [2.45, 2.75) is 24.9 Å². The van der Waals surface area contributed by atoms with E-state index in [2.05, 4.69) is 4.98 Å². The predicted molar refractivity (Wildman–Crippen MR) is 79.7 cm³/mol. The molecule has 1 aromatic rings. The summed E-state index contributed by atoms with van der Waals surface area (Å²) in [6, 6.07) is 0. The Morgan fingerprint density at radius 1 is 1.70 bits per heavy atom. The molecule has 0 unspecified atom stereocenters. The molecule has 110 valence electrons. The van der Waals surface area contributed by atoms with Gasteiger partial charge in [-0.2, -0.15) is 0 Å². The molecule has 0 aliphatic carbocycles. The summed E-state index contributed by atoms with van der Waals surface area (Å²) in [4.78, 5) is 25.5. The van der Waals surface area contributed by atoms with Gasteiger partial charge in [0.05, 0.1) is 17.2 Å². The minimum atomic E-state index is -1.37. The average molecular weight is 417 g/mol. The summed E-state index contributed by atoms with van der Waals surface area (Å²) in [5.74, 6) is 0. The lowest BCUT2D eigenvalue weighted by Crippen LogP contribution is -2.33. The highest BCUT2D eigenvalue weighted by atomic mass is 127. The minimum Gasteiger partial charge on any atom is -0.394 e. The zero-order valence-electron chi connectivity index (χ0n) is 10.1. The van der Waals surface area contributed by atoms with Crippen molar-refractivity contribution in [3.8, 4) is 0 Å². The normalized spacial score (nSPS) is 27.0. The number of alkyl halides is 1. The number of ether oxygens (including phenoxy) is 1. The van der Waals surface area contributed by atoms with E-state index in [1.54, 1.807) is 0 Å². The van der Waals surface area contributed by atoms with Gasteiger partial charge in [0.25, 0.3) is 5.56 Å². The number of nitrogens with one attached hydrogen (secondary N) is 1. The van der Waals surface area contributed by atoms with Gasteiger partial charge in [-0.3, -0.25) is 14.3 Å². The van der Waals surface area contributed by atoms with E-state index in [1.165, 1.54) is 10.3 Å². The Kier molecular flexibility index (Phi) is 4.99. The second-order valence-electron chi connectivity index (χ2n) is 4.23. The molecule has 0 amide bonds. The Hall–Kier alpha value is -0.710. The van der Waals surface area contributed by atoms with Crippen LogP contribution in [0.1, 0.15) is 18.2 Å². The third kappa shape index (κ3) is 2.97. The van der Waals surface area contributed by atoms with Crippen LogP contribution >= 0.6 is 34.2 Å². The highest BCUT2D eigenvalue weighted by Gasteiger charge is 2.36. The monoisotopic (exact) mass is 416 g/mol. The van der Waals surface area contributed by atoms with Gasteiger partial charge in [0.15, 0.2) is 0 Å². The Balaban J connectivity index is 2.43. The quantitative estimate of drug-likeness (QED) is 0.724. The van der Waals surface area contributed by atoms with E-state index in [9.17, 15) is 14.0 Å². The number of H-pyrrole nitrogens is 1. The first-order valence-corrected chi connectivity index (χ1v) is 7.32. The van der Waals surface area contributed by atoms with Gasteiger partial charge in [0.1, 0.15) is 18.5 Å². The van der Waals surface area contributed by atoms with Crippen LogP contribution in [0.15, 0.2) is 19.9 Å². The maximum absolute atomic E-state index is 13.5. The fourth-order valence-corrected chi connectivity index (χ4v) is 2.42. The molecular formula is C11H11ClFIN2O4. The van der Waals surface area contributed by atoms with Gasteiger partial charge in [0, 0.05) is 12.6 Å². The lowest BCUT2D eigenvalue weighted by atomic mass is 10.2. The van der Waals surface area contributed by atoms with Gasteiger partial charge < -0.3 is 9.84 Å². The van der Waals surface area contributed by atoms with Crippen LogP contribution < -0.4 is 11.2 Å². The first-order valence-electron chi connectivity index (χ1n) is 5.70.